The molecule has 240 valence electrons. The van der Waals surface area contributed by atoms with Crippen molar-refractivity contribution in [1.29, 1.82) is 0 Å². The summed E-state index contributed by atoms with van der Waals surface area (Å²) in [5, 5.41) is 0. The minimum Gasteiger partial charge on any atom is -0.429 e. The molecule has 0 fully saturated rings. The van der Waals surface area contributed by atoms with Gasteiger partial charge in [0.05, 0.1) is 5.56 Å². The second-order valence-corrected chi connectivity index (χ2v) is 10.8. The number of hydrogen-bond acceptors (Lipinski definition) is 1. The number of unbranched alkanes of at least 4 members (excludes halogenated alkanes) is 2. The van der Waals surface area contributed by atoms with Gasteiger partial charge in [0, 0.05) is 17.2 Å². The maximum Gasteiger partial charge on any atom is 0.432 e. The van der Waals surface area contributed by atoms with Crippen LogP contribution in [0.25, 0.3) is 22.3 Å². The molecule has 5 rings (SSSR count). The first-order valence-corrected chi connectivity index (χ1v) is 14.7. The minimum absolute atomic E-state index is 0.0307. The van der Waals surface area contributed by atoms with Crippen molar-refractivity contribution in [2.75, 3.05) is 0 Å². The lowest BCUT2D eigenvalue weighted by Gasteiger charge is -2.20. The van der Waals surface area contributed by atoms with Crippen molar-refractivity contribution in [1.82, 2.24) is 0 Å². The van der Waals surface area contributed by atoms with Gasteiger partial charge in [0.1, 0.15) is 34.6 Å². The lowest BCUT2D eigenvalue weighted by Crippen LogP contribution is -2.25. The van der Waals surface area contributed by atoms with Crippen molar-refractivity contribution in [2.45, 2.75) is 38.7 Å². The predicted molar refractivity (Wildman–Crippen MR) is 164 cm³/mol. The molecule has 0 saturated carbocycles. The van der Waals surface area contributed by atoms with Crippen molar-refractivity contribution in [2.24, 2.45) is 0 Å². The van der Waals surface area contributed by atoms with Crippen LogP contribution < -0.4 is 4.74 Å². The van der Waals surface area contributed by atoms with Crippen molar-refractivity contribution in [3.05, 3.63) is 148 Å². The van der Waals surface area contributed by atoms with Crippen molar-refractivity contribution in [3.63, 3.8) is 0 Å². The van der Waals surface area contributed by atoms with Crippen LogP contribution in [-0.2, 0) is 12.5 Å². The van der Waals surface area contributed by atoms with Crippen LogP contribution in [0, 0.1) is 46.7 Å². The summed E-state index contributed by atoms with van der Waals surface area (Å²) < 4.78 is 121. The summed E-state index contributed by atoms with van der Waals surface area (Å²) in [6, 6.07) is 18.0. The number of hydrogen-bond donors (Lipinski definition) is 0. The monoisotopic (exact) mass is 650 g/mol. The molecule has 0 aliphatic carbocycles. The number of alkyl halides is 2. The maximum absolute atomic E-state index is 15.2. The average Bonchev–Trinajstić information content (AvgIpc) is 3.02. The highest BCUT2D eigenvalue weighted by atomic mass is 19.3. The van der Waals surface area contributed by atoms with E-state index in [1.54, 1.807) is 6.07 Å². The largest absolute Gasteiger partial charge is 0.432 e. The Bertz CT molecular complexity index is 1950. The molecule has 9 heteroatoms. The third kappa shape index (κ3) is 7.83. The van der Waals surface area contributed by atoms with Gasteiger partial charge in [-0.15, -0.1) is 0 Å². The van der Waals surface area contributed by atoms with E-state index in [0.29, 0.717) is 23.8 Å². The van der Waals surface area contributed by atoms with E-state index in [1.165, 1.54) is 12.1 Å². The van der Waals surface area contributed by atoms with Crippen molar-refractivity contribution >= 4 is 0 Å². The molecule has 0 aliphatic rings. The lowest BCUT2D eigenvalue weighted by atomic mass is 9.97. The van der Waals surface area contributed by atoms with Gasteiger partial charge in [0.25, 0.3) is 0 Å². The molecule has 0 amide bonds. The van der Waals surface area contributed by atoms with Crippen LogP contribution in [0.5, 0.6) is 5.75 Å². The van der Waals surface area contributed by atoms with Gasteiger partial charge in [-0.1, -0.05) is 68.0 Å². The zero-order valence-electron chi connectivity index (χ0n) is 24.9. The van der Waals surface area contributed by atoms with Crippen LogP contribution in [0.3, 0.4) is 0 Å². The zero-order valence-corrected chi connectivity index (χ0v) is 24.9. The standard InChI is InChI=1S/C38H26F8O/c1-2-3-4-5-23-6-10-25(11-7-23)27-14-16-30(33(41)19-27)28-20-35(43)37(36(44)21-28)38(45,46)47-29-15-13-26(32(40)22-29)12-8-24-9-17-31(39)34(42)18-24/h6-7,9-11,13-22H,2-5H2,1H3. The smallest absolute Gasteiger partial charge is 0.429 e. The molecular formula is C38H26F8O. The second kappa shape index (κ2) is 14.1. The lowest BCUT2D eigenvalue weighted by molar-refractivity contribution is -0.189. The number of ether oxygens (including phenoxy) is 1. The molecule has 0 saturated heterocycles. The van der Waals surface area contributed by atoms with Crippen molar-refractivity contribution < 1.29 is 39.9 Å². The Kier molecular flexibility index (Phi) is 10.00. The molecule has 0 aromatic heterocycles. The average molecular weight is 651 g/mol. The molecule has 47 heavy (non-hydrogen) atoms. The Labute approximate surface area is 266 Å². The fourth-order valence-corrected chi connectivity index (χ4v) is 4.95. The van der Waals surface area contributed by atoms with Crippen LogP contribution in [0.2, 0.25) is 0 Å². The highest BCUT2D eigenvalue weighted by Crippen LogP contribution is 2.38. The van der Waals surface area contributed by atoms with Crippen LogP contribution in [-0.4, -0.2) is 0 Å². The Morgan fingerprint density at radius 1 is 0.574 bits per heavy atom. The second-order valence-electron chi connectivity index (χ2n) is 10.8. The summed E-state index contributed by atoms with van der Waals surface area (Å²) in [5.41, 5.74) is -0.121. The van der Waals surface area contributed by atoms with Gasteiger partial charge in [-0.3, -0.25) is 0 Å². The molecule has 5 aromatic rings. The van der Waals surface area contributed by atoms with E-state index in [9.17, 15) is 13.2 Å². The molecule has 0 unspecified atom stereocenters. The topological polar surface area (TPSA) is 9.23 Å². The summed E-state index contributed by atoms with van der Waals surface area (Å²) in [6.07, 6.45) is -0.365. The van der Waals surface area contributed by atoms with Gasteiger partial charge in [-0.05, 0) is 83.6 Å². The molecule has 1 nitrogen and oxygen atoms in total. The van der Waals surface area contributed by atoms with E-state index in [-0.39, 0.29) is 22.3 Å². The molecule has 5 aromatic carbocycles. The van der Waals surface area contributed by atoms with Gasteiger partial charge in [-0.25, -0.2) is 26.3 Å². The number of halogens is 8. The Morgan fingerprint density at radius 3 is 1.89 bits per heavy atom. The van der Waals surface area contributed by atoms with Gasteiger partial charge in [-0.2, -0.15) is 8.78 Å². The van der Waals surface area contributed by atoms with Crippen LogP contribution in [0.1, 0.15) is 48.4 Å². The number of benzene rings is 5. The van der Waals surface area contributed by atoms with Gasteiger partial charge in [0.2, 0.25) is 0 Å². The molecule has 0 N–H and O–H groups in total. The minimum atomic E-state index is -4.59. The van der Waals surface area contributed by atoms with Gasteiger partial charge < -0.3 is 4.74 Å². The van der Waals surface area contributed by atoms with E-state index in [1.807, 2.05) is 24.3 Å². The fraction of sp³-hybridized carbons (Fsp3) is 0.158. The SMILES string of the molecule is CCCCCc1ccc(-c2ccc(-c3cc(F)c(C(F)(F)Oc4ccc(C#Cc5ccc(F)c(F)c5)c(F)c4)c(F)c3)c(F)c2)cc1. The Balaban J connectivity index is 1.33. The first-order valence-electron chi connectivity index (χ1n) is 14.7. The highest BCUT2D eigenvalue weighted by molar-refractivity contribution is 5.71. The third-order valence-corrected chi connectivity index (χ3v) is 7.42. The Morgan fingerprint density at radius 2 is 1.26 bits per heavy atom. The van der Waals surface area contributed by atoms with E-state index in [4.69, 9.17) is 0 Å². The van der Waals surface area contributed by atoms with E-state index in [0.717, 1.165) is 67.1 Å². The van der Waals surface area contributed by atoms with E-state index in [2.05, 4.69) is 23.5 Å². The maximum atomic E-state index is 15.2. The Hall–Kier alpha value is -5.10. The fourth-order valence-electron chi connectivity index (χ4n) is 4.95. The molecule has 0 radical (unpaired) electrons. The quantitative estimate of drug-likeness (QED) is 0.0876. The molecular weight excluding hydrogens is 624 g/mol. The van der Waals surface area contributed by atoms with E-state index >= 15 is 22.0 Å². The summed E-state index contributed by atoms with van der Waals surface area (Å²) >= 11 is 0. The zero-order chi connectivity index (χ0) is 33.7. The first kappa shape index (κ1) is 33.3. The third-order valence-electron chi connectivity index (χ3n) is 7.42. The molecule has 0 atom stereocenters. The number of rotatable bonds is 9. The predicted octanol–water partition coefficient (Wildman–Crippen LogP) is 11.1. The summed E-state index contributed by atoms with van der Waals surface area (Å²) in [6.45, 7) is 2.12. The first-order chi connectivity index (χ1) is 22.4. The van der Waals surface area contributed by atoms with E-state index < -0.39 is 52.3 Å². The normalized spacial score (nSPS) is 11.3. The van der Waals surface area contributed by atoms with Gasteiger partial charge in [0.15, 0.2) is 11.6 Å². The van der Waals surface area contributed by atoms with Gasteiger partial charge >= 0.3 is 6.11 Å². The van der Waals surface area contributed by atoms with Crippen LogP contribution >= 0.6 is 0 Å². The molecule has 0 bridgehead atoms. The molecule has 0 aliphatic heterocycles. The highest BCUT2D eigenvalue weighted by Gasteiger charge is 2.41. The summed E-state index contributed by atoms with van der Waals surface area (Å²) in [7, 11) is 0. The van der Waals surface area contributed by atoms with Crippen molar-refractivity contribution in [3.8, 4) is 39.8 Å². The summed E-state index contributed by atoms with van der Waals surface area (Å²) in [5.74, 6) is -3.60. The van der Waals surface area contributed by atoms with Crippen LogP contribution in [0.15, 0.2) is 91.0 Å². The number of aryl methyl sites for hydroxylation is 1. The summed E-state index contributed by atoms with van der Waals surface area (Å²) in [4.78, 5) is 0. The molecule has 0 spiro atoms. The molecule has 0 heterocycles. The van der Waals surface area contributed by atoms with Crippen LogP contribution in [0.4, 0.5) is 35.1 Å².